The van der Waals surface area contributed by atoms with E-state index >= 15 is 0 Å². The molecule has 1 fully saturated rings. The molecule has 0 aromatic heterocycles. The van der Waals surface area contributed by atoms with Gasteiger partial charge in [0.15, 0.2) is 11.6 Å². The molecule has 2 aromatic rings. The van der Waals surface area contributed by atoms with Gasteiger partial charge in [0.2, 0.25) is 0 Å². The van der Waals surface area contributed by atoms with E-state index < -0.39 is 11.9 Å². The Bertz CT molecular complexity index is 913. The lowest BCUT2D eigenvalue weighted by Gasteiger charge is -2.32. The van der Waals surface area contributed by atoms with Gasteiger partial charge in [0.25, 0.3) is 0 Å². The Morgan fingerprint density at radius 1 is 0.935 bits per heavy atom. The van der Waals surface area contributed by atoms with Crippen LogP contribution in [0.3, 0.4) is 0 Å². The summed E-state index contributed by atoms with van der Waals surface area (Å²) in [4.78, 5) is 0. The van der Waals surface area contributed by atoms with Gasteiger partial charge in [-0.15, -0.1) is 0 Å². The summed E-state index contributed by atoms with van der Waals surface area (Å²) in [7, 11) is 0. The number of unbranched alkanes of at least 4 members (excludes halogenated alkanes) is 3. The molecule has 0 atom stereocenters. The minimum absolute atomic E-state index is 0.136. The molecule has 1 saturated carbocycles. The second-order valence-electron chi connectivity index (χ2n) is 9.26. The maximum absolute atomic E-state index is 14.9. The molecule has 0 amide bonds. The molecule has 1 nitrogen and oxygen atoms in total. The highest BCUT2D eigenvalue weighted by atomic mass is 19.3. The normalized spacial score (nSPS) is 21.8. The minimum atomic E-state index is -3.53. The molecule has 4 heteroatoms. The first kappa shape index (κ1) is 22.2. The molecule has 0 N–H and O–H groups in total. The summed E-state index contributed by atoms with van der Waals surface area (Å²) < 4.78 is 49.4. The predicted molar refractivity (Wildman–Crippen MR) is 119 cm³/mol. The zero-order valence-electron chi connectivity index (χ0n) is 18.7. The Balaban J connectivity index is 1.52. The van der Waals surface area contributed by atoms with Crippen molar-refractivity contribution >= 4 is 0 Å². The summed E-state index contributed by atoms with van der Waals surface area (Å²) in [6.45, 7) is 4.03. The SMILES string of the molecule is CCCCCCC1CCC(c2ccc3c(c2)C(F)(F)Oc2c-3ccc(CC)c2F)CC1. The fraction of sp³-hybridized carbons (Fsp3) is 0.556. The van der Waals surface area contributed by atoms with Crippen LogP contribution in [-0.2, 0) is 12.5 Å². The number of hydrogen-bond acceptors (Lipinski definition) is 1. The number of rotatable bonds is 7. The average Bonchev–Trinajstić information content (AvgIpc) is 2.78. The van der Waals surface area contributed by atoms with Crippen LogP contribution in [0, 0.1) is 11.7 Å². The maximum Gasteiger partial charge on any atom is 0.427 e. The number of fused-ring (bicyclic) bond motifs is 3. The second-order valence-corrected chi connectivity index (χ2v) is 9.26. The standard InChI is InChI=1S/C27H33F3O/c1-3-5-6-7-8-18-9-11-20(12-10-18)21-14-15-22-23-16-13-19(4-2)25(28)26(23)31-27(29,30)24(22)17-21/h13-18,20H,3-12H2,1-2H3. The van der Waals surface area contributed by atoms with E-state index in [1.165, 1.54) is 44.9 Å². The summed E-state index contributed by atoms with van der Waals surface area (Å²) in [6, 6.07) is 8.68. The molecule has 0 unspecified atom stereocenters. The second kappa shape index (κ2) is 9.26. The van der Waals surface area contributed by atoms with E-state index in [-0.39, 0.29) is 11.3 Å². The van der Waals surface area contributed by atoms with Gasteiger partial charge < -0.3 is 4.74 Å². The molecule has 1 aliphatic heterocycles. The third kappa shape index (κ3) is 4.49. The van der Waals surface area contributed by atoms with E-state index in [1.807, 2.05) is 6.07 Å². The minimum Gasteiger partial charge on any atom is -0.425 e. The Morgan fingerprint density at radius 3 is 2.39 bits per heavy atom. The van der Waals surface area contributed by atoms with E-state index in [1.54, 1.807) is 31.2 Å². The van der Waals surface area contributed by atoms with Gasteiger partial charge in [-0.05, 0) is 66.7 Å². The zero-order chi connectivity index (χ0) is 22.0. The number of alkyl halides is 2. The molecule has 2 aromatic carbocycles. The van der Waals surface area contributed by atoms with Gasteiger partial charge in [0, 0.05) is 5.56 Å². The molecule has 0 radical (unpaired) electrons. The molecule has 1 heterocycles. The van der Waals surface area contributed by atoms with Crippen molar-refractivity contribution < 1.29 is 17.9 Å². The molecule has 0 bridgehead atoms. The van der Waals surface area contributed by atoms with Gasteiger partial charge in [-0.2, -0.15) is 8.78 Å². The van der Waals surface area contributed by atoms with Gasteiger partial charge >= 0.3 is 6.11 Å². The van der Waals surface area contributed by atoms with Crippen molar-refractivity contribution in [1.82, 2.24) is 0 Å². The highest BCUT2D eigenvalue weighted by Crippen LogP contribution is 2.50. The van der Waals surface area contributed by atoms with Crippen molar-refractivity contribution in [3.63, 3.8) is 0 Å². The highest BCUT2D eigenvalue weighted by molar-refractivity contribution is 5.77. The lowest BCUT2D eigenvalue weighted by molar-refractivity contribution is -0.188. The summed E-state index contributed by atoms with van der Waals surface area (Å²) in [6.07, 6.45) is 7.85. The summed E-state index contributed by atoms with van der Waals surface area (Å²) in [5.74, 6) is 0.0894. The number of aryl methyl sites for hydroxylation is 1. The lowest BCUT2D eigenvalue weighted by Crippen LogP contribution is -2.27. The first-order valence-corrected chi connectivity index (χ1v) is 12.0. The molecule has 31 heavy (non-hydrogen) atoms. The molecule has 1 aliphatic carbocycles. The van der Waals surface area contributed by atoms with Gasteiger partial charge in [-0.1, -0.05) is 70.2 Å². The number of benzene rings is 2. The van der Waals surface area contributed by atoms with E-state index in [0.29, 0.717) is 29.0 Å². The zero-order valence-corrected chi connectivity index (χ0v) is 18.7. The van der Waals surface area contributed by atoms with Crippen molar-refractivity contribution in [3.05, 3.63) is 52.8 Å². The van der Waals surface area contributed by atoms with Crippen LogP contribution in [0.4, 0.5) is 13.2 Å². The van der Waals surface area contributed by atoms with Crippen LogP contribution in [0.25, 0.3) is 11.1 Å². The van der Waals surface area contributed by atoms with Crippen LogP contribution in [0.1, 0.15) is 94.2 Å². The smallest absolute Gasteiger partial charge is 0.425 e. The molecule has 0 saturated heterocycles. The van der Waals surface area contributed by atoms with Crippen molar-refractivity contribution in [2.24, 2.45) is 5.92 Å². The number of halogens is 3. The van der Waals surface area contributed by atoms with Crippen LogP contribution in [-0.4, -0.2) is 0 Å². The van der Waals surface area contributed by atoms with Crippen molar-refractivity contribution in [2.75, 3.05) is 0 Å². The number of ether oxygens (including phenoxy) is 1. The summed E-state index contributed by atoms with van der Waals surface area (Å²) in [5, 5.41) is 0. The number of hydrogen-bond donors (Lipinski definition) is 0. The molecular formula is C27H33F3O. The van der Waals surface area contributed by atoms with E-state index in [4.69, 9.17) is 4.74 Å². The molecule has 4 rings (SSSR count). The topological polar surface area (TPSA) is 9.23 Å². The Labute approximate surface area is 184 Å². The van der Waals surface area contributed by atoms with Crippen LogP contribution < -0.4 is 4.74 Å². The van der Waals surface area contributed by atoms with Crippen molar-refractivity contribution in [3.8, 4) is 16.9 Å². The fourth-order valence-corrected chi connectivity index (χ4v) is 5.30. The fourth-order valence-electron chi connectivity index (χ4n) is 5.30. The van der Waals surface area contributed by atoms with Gasteiger partial charge in [-0.25, -0.2) is 4.39 Å². The van der Waals surface area contributed by atoms with E-state index in [0.717, 1.165) is 24.3 Å². The van der Waals surface area contributed by atoms with Crippen LogP contribution in [0.5, 0.6) is 5.75 Å². The molecule has 168 valence electrons. The van der Waals surface area contributed by atoms with Gasteiger partial charge in [-0.3, -0.25) is 0 Å². The third-order valence-electron chi connectivity index (χ3n) is 7.22. The van der Waals surface area contributed by atoms with E-state index in [9.17, 15) is 13.2 Å². The third-order valence-corrected chi connectivity index (χ3v) is 7.22. The van der Waals surface area contributed by atoms with E-state index in [2.05, 4.69) is 6.92 Å². The van der Waals surface area contributed by atoms with Crippen LogP contribution >= 0.6 is 0 Å². The largest absolute Gasteiger partial charge is 0.427 e. The average molecular weight is 431 g/mol. The lowest BCUT2D eigenvalue weighted by atomic mass is 9.76. The highest BCUT2D eigenvalue weighted by Gasteiger charge is 2.43. The molecule has 2 aliphatic rings. The first-order chi connectivity index (χ1) is 14.9. The van der Waals surface area contributed by atoms with Crippen molar-refractivity contribution in [1.29, 1.82) is 0 Å². The first-order valence-electron chi connectivity index (χ1n) is 12.0. The van der Waals surface area contributed by atoms with Crippen LogP contribution in [0.2, 0.25) is 0 Å². The van der Waals surface area contributed by atoms with Crippen molar-refractivity contribution in [2.45, 2.75) is 90.1 Å². The van der Waals surface area contributed by atoms with Crippen LogP contribution in [0.15, 0.2) is 30.3 Å². The molecular weight excluding hydrogens is 397 g/mol. The monoisotopic (exact) mass is 430 g/mol. The Morgan fingerprint density at radius 2 is 1.68 bits per heavy atom. The quantitative estimate of drug-likeness (QED) is 0.399. The summed E-state index contributed by atoms with van der Waals surface area (Å²) in [5.41, 5.74) is 2.00. The molecule has 0 spiro atoms. The Kier molecular flexibility index (Phi) is 6.64. The van der Waals surface area contributed by atoms with Gasteiger partial charge in [0.1, 0.15) is 0 Å². The summed E-state index contributed by atoms with van der Waals surface area (Å²) >= 11 is 0. The predicted octanol–water partition coefficient (Wildman–Crippen LogP) is 8.74. The maximum atomic E-state index is 14.9. The van der Waals surface area contributed by atoms with Gasteiger partial charge in [0.05, 0.1) is 5.56 Å². The Hall–Kier alpha value is -1.97.